The van der Waals surface area contributed by atoms with Gasteiger partial charge in [-0.15, -0.1) is 0 Å². The highest BCUT2D eigenvalue weighted by molar-refractivity contribution is 5.64. The Balaban J connectivity index is 0.000000203. The van der Waals surface area contributed by atoms with Crippen LogP contribution >= 0.6 is 0 Å². The minimum absolute atomic E-state index is 0.0648. The number of amides is 1. The maximum Gasteiger partial charge on any atom is 0.404 e. The molecular weight excluding hydrogens is 336 g/mol. The molecule has 1 aromatic carbocycles. The van der Waals surface area contributed by atoms with E-state index in [0.717, 1.165) is 25.3 Å². The van der Waals surface area contributed by atoms with Gasteiger partial charge in [-0.1, -0.05) is 17.7 Å². The molecule has 0 saturated carbocycles. The largest absolute Gasteiger partial charge is 0.497 e. The van der Waals surface area contributed by atoms with E-state index in [4.69, 9.17) is 14.9 Å². The third kappa shape index (κ3) is 10.3. The van der Waals surface area contributed by atoms with Crippen molar-refractivity contribution in [1.82, 2.24) is 20.2 Å². The van der Waals surface area contributed by atoms with Crippen molar-refractivity contribution in [2.45, 2.75) is 26.0 Å². The molecule has 1 unspecified atom stereocenters. The van der Waals surface area contributed by atoms with Gasteiger partial charge in [0, 0.05) is 32.0 Å². The van der Waals surface area contributed by atoms with Crippen LogP contribution in [0.5, 0.6) is 5.75 Å². The van der Waals surface area contributed by atoms with Crippen molar-refractivity contribution in [2.75, 3.05) is 26.7 Å². The van der Waals surface area contributed by atoms with Gasteiger partial charge in [-0.2, -0.15) is 0 Å². The second kappa shape index (κ2) is 12.7. The summed E-state index contributed by atoms with van der Waals surface area (Å²) in [4.78, 5) is 13.8. The average molecular weight is 364 g/mol. The van der Waals surface area contributed by atoms with Crippen LogP contribution in [0.3, 0.4) is 0 Å². The maximum atomic E-state index is 9.99. The predicted molar refractivity (Wildman–Crippen MR) is 99.5 cm³/mol. The Labute approximate surface area is 153 Å². The number of nitrogens with zero attached hydrogens (tertiary/aromatic N) is 2. The van der Waals surface area contributed by atoms with Gasteiger partial charge in [-0.3, -0.25) is 0 Å². The van der Waals surface area contributed by atoms with Gasteiger partial charge in [0.15, 0.2) is 0 Å². The van der Waals surface area contributed by atoms with Crippen molar-refractivity contribution >= 4 is 6.09 Å². The monoisotopic (exact) mass is 364 g/mol. The van der Waals surface area contributed by atoms with Crippen LogP contribution in [0, 0.1) is 6.92 Å². The van der Waals surface area contributed by atoms with Crippen molar-refractivity contribution in [3.05, 3.63) is 48.5 Å². The van der Waals surface area contributed by atoms with Crippen molar-refractivity contribution in [2.24, 2.45) is 0 Å². The number of carboxylic acid groups (broad SMARTS) is 1. The average Bonchev–Trinajstić information content (AvgIpc) is 3.30. The summed E-state index contributed by atoms with van der Waals surface area (Å²) in [5.41, 5.74) is 1.26. The molecule has 8 heteroatoms. The Hall–Kier alpha value is -2.58. The molecule has 1 fully saturated rings. The second-order valence-corrected chi connectivity index (χ2v) is 5.70. The first kappa shape index (κ1) is 21.5. The summed E-state index contributed by atoms with van der Waals surface area (Å²) in [5.74, 6) is 0.917. The topological polar surface area (TPSA) is 109 Å². The molecule has 144 valence electrons. The molecule has 2 aromatic rings. The van der Waals surface area contributed by atoms with Crippen LogP contribution in [0.4, 0.5) is 4.79 Å². The van der Waals surface area contributed by atoms with Crippen molar-refractivity contribution < 1.29 is 19.7 Å². The number of rotatable bonds is 4. The summed E-state index contributed by atoms with van der Waals surface area (Å²) in [6, 6.07) is 7.96. The second-order valence-electron chi connectivity index (χ2n) is 5.70. The number of hydrogen-bond donors (Lipinski definition) is 4. The lowest BCUT2D eigenvalue weighted by Crippen LogP contribution is -2.24. The zero-order valence-electron chi connectivity index (χ0n) is 15.3. The fraction of sp³-hybridized carbons (Fsp3) is 0.444. The van der Waals surface area contributed by atoms with Gasteiger partial charge in [-0.05, 0) is 32.0 Å². The number of aliphatic hydroxyl groups is 1. The van der Waals surface area contributed by atoms with Gasteiger partial charge in [0.2, 0.25) is 0 Å². The summed E-state index contributed by atoms with van der Waals surface area (Å²) in [7, 11) is 1.67. The van der Waals surface area contributed by atoms with E-state index in [9.17, 15) is 4.79 Å². The summed E-state index contributed by atoms with van der Waals surface area (Å²) in [6.45, 7) is 4.86. The molecule has 0 aliphatic carbocycles. The van der Waals surface area contributed by atoms with Crippen molar-refractivity contribution in [1.29, 1.82) is 0 Å². The van der Waals surface area contributed by atoms with Crippen molar-refractivity contribution in [3.63, 3.8) is 0 Å². The van der Waals surface area contributed by atoms with Crippen LogP contribution in [-0.2, 0) is 6.54 Å². The number of aryl methyl sites for hydroxylation is 1. The van der Waals surface area contributed by atoms with E-state index in [1.165, 1.54) is 5.56 Å². The van der Waals surface area contributed by atoms with Gasteiger partial charge < -0.3 is 30.2 Å². The number of methoxy groups -OCH3 is 1. The minimum atomic E-state index is -0.995. The Morgan fingerprint density at radius 1 is 1.42 bits per heavy atom. The molecule has 0 radical (unpaired) electrons. The lowest BCUT2D eigenvalue weighted by atomic mass is 10.2. The van der Waals surface area contributed by atoms with E-state index >= 15 is 0 Å². The number of hydrogen-bond acceptors (Lipinski definition) is 5. The quantitative estimate of drug-likeness (QED) is 0.655. The van der Waals surface area contributed by atoms with E-state index < -0.39 is 6.09 Å². The summed E-state index contributed by atoms with van der Waals surface area (Å²) in [6.07, 6.45) is 4.95. The number of aliphatic hydroxyl groups excluding tert-OH is 1. The number of aromatic nitrogens is 2. The van der Waals surface area contributed by atoms with Crippen LogP contribution in [0.1, 0.15) is 12.0 Å². The van der Waals surface area contributed by atoms with E-state index in [1.807, 2.05) is 24.3 Å². The first-order valence-electron chi connectivity index (χ1n) is 8.43. The Morgan fingerprint density at radius 2 is 2.15 bits per heavy atom. The van der Waals surface area contributed by atoms with E-state index in [-0.39, 0.29) is 6.10 Å². The molecule has 1 atom stereocenters. The molecule has 0 bridgehead atoms. The number of imidazole rings is 1. The standard InChI is InChI=1S/C8H10O.C6H9N3O2.C4H9NO/c1-7-3-5-8(9-2)6-4-7;10-6(11)8-2-4-9-3-1-7-5-9;6-4-1-2-5-3-4/h3-6H,1-2H3;1,3,5,8H,2,4H2,(H,10,11);4-6H,1-3H2. The lowest BCUT2D eigenvalue weighted by molar-refractivity contribution is 0.194. The molecule has 0 spiro atoms. The molecule has 26 heavy (non-hydrogen) atoms. The van der Waals surface area contributed by atoms with E-state index in [0.29, 0.717) is 13.1 Å². The number of ether oxygens (including phenoxy) is 1. The van der Waals surface area contributed by atoms with E-state index in [2.05, 4.69) is 22.5 Å². The molecule has 4 N–H and O–H groups in total. The fourth-order valence-electron chi connectivity index (χ4n) is 2.02. The van der Waals surface area contributed by atoms with Gasteiger partial charge in [0.25, 0.3) is 0 Å². The normalized spacial score (nSPS) is 15.1. The summed E-state index contributed by atoms with van der Waals surface area (Å²) in [5, 5.41) is 22.1. The predicted octanol–water partition coefficient (Wildman–Crippen LogP) is 1.49. The molecule has 1 aliphatic rings. The highest BCUT2D eigenvalue weighted by atomic mass is 16.5. The molecule has 1 saturated heterocycles. The smallest absolute Gasteiger partial charge is 0.404 e. The van der Waals surface area contributed by atoms with Crippen LogP contribution < -0.4 is 15.4 Å². The first-order valence-corrected chi connectivity index (χ1v) is 8.43. The maximum absolute atomic E-state index is 9.99. The summed E-state index contributed by atoms with van der Waals surface area (Å²) >= 11 is 0. The SMILES string of the molecule is COc1ccc(C)cc1.O=C(O)NCCn1ccnc1.OC1CCNC1. The van der Waals surface area contributed by atoms with Crippen molar-refractivity contribution in [3.8, 4) is 5.75 Å². The number of carbonyl (C=O) groups is 1. The third-order valence-electron chi connectivity index (χ3n) is 3.50. The van der Waals surface area contributed by atoms with Gasteiger partial charge in [-0.25, -0.2) is 9.78 Å². The molecule has 2 heterocycles. The highest BCUT2D eigenvalue weighted by Crippen LogP contribution is 2.09. The van der Waals surface area contributed by atoms with Crippen LogP contribution in [0.25, 0.3) is 0 Å². The van der Waals surface area contributed by atoms with Crippen LogP contribution in [-0.4, -0.2) is 58.7 Å². The Kier molecular flexibility index (Phi) is 10.5. The van der Waals surface area contributed by atoms with Gasteiger partial charge in [0.1, 0.15) is 5.75 Å². The molecule has 1 aliphatic heterocycles. The van der Waals surface area contributed by atoms with Crippen LogP contribution in [0.15, 0.2) is 43.0 Å². The third-order valence-corrected chi connectivity index (χ3v) is 3.50. The fourth-order valence-corrected chi connectivity index (χ4v) is 2.02. The lowest BCUT2D eigenvalue weighted by Gasteiger charge is -2.00. The minimum Gasteiger partial charge on any atom is -0.497 e. The molecule has 3 rings (SSSR count). The molecular formula is C18H28N4O4. The first-order chi connectivity index (χ1) is 12.5. The molecule has 1 aromatic heterocycles. The zero-order valence-corrected chi connectivity index (χ0v) is 15.3. The number of nitrogens with one attached hydrogen (secondary N) is 2. The van der Waals surface area contributed by atoms with E-state index in [1.54, 1.807) is 30.4 Å². The van der Waals surface area contributed by atoms with Crippen LogP contribution in [0.2, 0.25) is 0 Å². The molecule has 1 amide bonds. The highest BCUT2D eigenvalue weighted by Gasteiger charge is 2.08. The van der Waals surface area contributed by atoms with Gasteiger partial charge >= 0.3 is 6.09 Å². The zero-order chi connectivity index (χ0) is 19.2. The Morgan fingerprint density at radius 3 is 2.58 bits per heavy atom. The summed E-state index contributed by atoms with van der Waals surface area (Å²) < 4.78 is 6.77. The number of benzene rings is 1. The number of β-amino-alcohol motifs (C(OH)–C–C–N with tert-alkyl or cyclic N) is 1. The van der Waals surface area contributed by atoms with Gasteiger partial charge in [0.05, 0.1) is 19.5 Å². The Bertz CT molecular complexity index is 596. The molecule has 8 nitrogen and oxygen atoms in total.